The van der Waals surface area contributed by atoms with E-state index >= 15 is 0 Å². The summed E-state index contributed by atoms with van der Waals surface area (Å²) in [5, 5.41) is 5.93. The predicted molar refractivity (Wildman–Crippen MR) is 65.6 cm³/mol. The summed E-state index contributed by atoms with van der Waals surface area (Å²) in [6.07, 6.45) is 0. The number of allylic oxidation sites excluding steroid dienone is 1. The number of carbonyl (C=O) groups excluding carboxylic acids is 1. The quantitative estimate of drug-likeness (QED) is 0.793. The molecule has 0 saturated carbocycles. The average Bonchev–Trinajstić information content (AvgIpc) is 2.25. The molecule has 1 rings (SSSR count). The summed E-state index contributed by atoms with van der Waals surface area (Å²) >= 11 is 0. The van der Waals surface area contributed by atoms with Gasteiger partial charge in [-0.05, 0) is 18.1 Å². The van der Waals surface area contributed by atoms with Gasteiger partial charge in [0.25, 0.3) is 0 Å². The minimum absolute atomic E-state index is 0.00646. The van der Waals surface area contributed by atoms with Crippen LogP contribution in [0.25, 0.3) is 0 Å². The lowest BCUT2D eigenvalue weighted by atomic mass is 10.1. The number of hydrogen-bond acceptors (Lipinski definition) is 2. The zero-order chi connectivity index (χ0) is 12.0. The van der Waals surface area contributed by atoms with Gasteiger partial charge < -0.3 is 10.6 Å². The third kappa shape index (κ3) is 4.64. The van der Waals surface area contributed by atoms with Crippen molar-refractivity contribution >= 4 is 5.91 Å². The van der Waals surface area contributed by atoms with Crippen LogP contribution in [0.1, 0.15) is 25.0 Å². The van der Waals surface area contributed by atoms with Crippen molar-refractivity contribution in [3.63, 3.8) is 0 Å². The van der Waals surface area contributed by atoms with Crippen LogP contribution in [-0.4, -0.2) is 5.91 Å². The molecule has 0 radical (unpaired) electrons. The van der Waals surface area contributed by atoms with Crippen LogP contribution in [0.3, 0.4) is 0 Å². The molecule has 0 aromatic heterocycles. The molecule has 86 valence electrons. The van der Waals surface area contributed by atoms with E-state index in [9.17, 15) is 4.79 Å². The fraction of sp³-hybridized carbons (Fsp3) is 0.308. The zero-order valence-electron chi connectivity index (χ0n) is 9.84. The van der Waals surface area contributed by atoms with Gasteiger partial charge in [0.1, 0.15) is 0 Å². The van der Waals surface area contributed by atoms with Crippen LogP contribution in [-0.2, 0) is 17.9 Å². The lowest BCUT2D eigenvalue weighted by Gasteiger charge is -2.07. The first-order chi connectivity index (χ1) is 7.58. The fourth-order valence-corrected chi connectivity index (χ4v) is 1.25. The second-order valence-electron chi connectivity index (χ2n) is 3.86. The van der Waals surface area contributed by atoms with E-state index in [0.717, 1.165) is 17.8 Å². The highest BCUT2D eigenvalue weighted by molar-refractivity contribution is 5.72. The maximum atomic E-state index is 10.7. The van der Waals surface area contributed by atoms with E-state index in [1.165, 1.54) is 12.5 Å². The van der Waals surface area contributed by atoms with E-state index in [1.807, 2.05) is 31.2 Å². The van der Waals surface area contributed by atoms with E-state index < -0.39 is 0 Å². The van der Waals surface area contributed by atoms with E-state index in [0.29, 0.717) is 6.54 Å². The zero-order valence-corrected chi connectivity index (χ0v) is 9.84. The molecule has 0 atom stereocenters. The van der Waals surface area contributed by atoms with E-state index in [2.05, 4.69) is 17.2 Å². The molecule has 0 aliphatic carbocycles. The molecule has 3 nitrogen and oxygen atoms in total. The molecular formula is C13H18N2O. The van der Waals surface area contributed by atoms with Crippen molar-refractivity contribution in [2.45, 2.75) is 26.9 Å². The molecule has 3 heteroatoms. The van der Waals surface area contributed by atoms with Crippen molar-refractivity contribution in [2.75, 3.05) is 0 Å². The largest absolute Gasteiger partial charge is 0.385 e. The summed E-state index contributed by atoms with van der Waals surface area (Å²) in [7, 11) is 0. The molecule has 1 aromatic carbocycles. The molecule has 16 heavy (non-hydrogen) atoms. The Hall–Kier alpha value is -1.77. The van der Waals surface area contributed by atoms with Crippen LogP contribution in [0.4, 0.5) is 0 Å². The van der Waals surface area contributed by atoms with Crippen molar-refractivity contribution < 1.29 is 4.79 Å². The molecular weight excluding hydrogens is 200 g/mol. The molecule has 0 aliphatic rings. The highest BCUT2D eigenvalue weighted by Gasteiger charge is 1.96. The van der Waals surface area contributed by atoms with Crippen molar-refractivity contribution in [2.24, 2.45) is 0 Å². The van der Waals surface area contributed by atoms with Crippen molar-refractivity contribution in [3.05, 3.63) is 47.7 Å². The highest BCUT2D eigenvalue weighted by Crippen LogP contribution is 2.04. The van der Waals surface area contributed by atoms with Gasteiger partial charge in [-0.2, -0.15) is 0 Å². The molecule has 0 spiro atoms. The molecule has 1 amide bonds. The Labute approximate surface area is 96.6 Å². The summed E-state index contributed by atoms with van der Waals surface area (Å²) < 4.78 is 0. The Bertz CT molecular complexity index is 331. The van der Waals surface area contributed by atoms with E-state index in [4.69, 9.17) is 0 Å². The smallest absolute Gasteiger partial charge is 0.217 e. The summed E-state index contributed by atoms with van der Waals surface area (Å²) in [6, 6.07) is 8.14. The number of amides is 1. The molecule has 1 aromatic rings. The lowest BCUT2D eigenvalue weighted by molar-refractivity contribution is -0.119. The number of hydrogen-bond donors (Lipinski definition) is 2. The van der Waals surface area contributed by atoms with Crippen LogP contribution in [0.5, 0.6) is 0 Å². The van der Waals surface area contributed by atoms with Crippen LogP contribution in [0.2, 0.25) is 0 Å². The first kappa shape index (κ1) is 12.3. The topological polar surface area (TPSA) is 41.1 Å². The lowest BCUT2D eigenvalue weighted by Crippen LogP contribution is -2.18. The molecule has 2 N–H and O–H groups in total. The summed E-state index contributed by atoms with van der Waals surface area (Å²) in [5.41, 5.74) is 3.27. The SMILES string of the molecule is C=C(C)NCc1ccc(CNC(C)=O)cc1. The van der Waals surface area contributed by atoms with Gasteiger partial charge >= 0.3 is 0 Å². The van der Waals surface area contributed by atoms with Gasteiger partial charge in [-0.1, -0.05) is 30.8 Å². The molecule has 0 aliphatic heterocycles. The Morgan fingerprint density at radius 2 is 1.50 bits per heavy atom. The van der Waals surface area contributed by atoms with E-state index in [-0.39, 0.29) is 5.91 Å². The number of benzene rings is 1. The minimum atomic E-state index is -0.00646. The number of rotatable bonds is 5. The Balaban J connectivity index is 2.47. The van der Waals surface area contributed by atoms with Crippen molar-refractivity contribution in [1.29, 1.82) is 0 Å². The van der Waals surface area contributed by atoms with Crippen LogP contribution in [0.15, 0.2) is 36.5 Å². The standard InChI is InChI=1S/C13H18N2O/c1-10(2)14-8-12-4-6-13(7-5-12)9-15-11(3)16/h4-7,14H,1,8-9H2,2-3H3,(H,15,16). The third-order valence-electron chi connectivity index (χ3n) is 2.16. The molecule has 0 fully saturated rings. The molecule has 0 saturated heterocycles. The second kappa shape index (κ2) is 5.95. The predicted octanol–water partition coefficient (Wildman–Crippen LogP) is 1.95. The third-order valence-corrected chi connectivity index (χ3v) is 2.16. The van der Waals surface area contributed by atoms with Crippen LogP contribution >= 0.6 is 0 Å². The van der Waals surface area contributed by atoms with Crippen molar-refractivity contribution in [3.8, 4) is 0 Å². The van der Waals surface area contributed by atoms with Gasteiger partial charge in [0, 0.05) is 25.7 Å². The maximum absolute atomic E-state index is 10.7. The summed E-state index contributed by atoms with van der Waals surface area (Å²) in [5.74, 6) is -0.00646. The van der Waals surface area contributed by atoms with Gasteiger partial charge in [0.2, 0.25) is 5.91 Å². The van der Waals surface area contributed by atoms with Gasteiger partial charge in [0.15, 0.2) is 0 Å². The fourth-order valence-electron chi connectivity index (χ4n) is 1.25. The first-order valence-corrected chi connectivity index (χ1v) is 5.29. The van der Waals surface area contributed by atoms with Crippen molar-refractivity contribution in [1.82, 2.24) is 10.6 Å². The summed E-state index contributed by atoms with van der Waals surface area (Å²) in [6.45, 7) is 8.61. The molecule has 0 bridgehead atoms. The van der Waals surface area contributed by atoms with Crippen LogP contribution < -0.4 is 10.6 Å². The summed E-state index contributed by atoms with van der Waals surface area (Å²) in [4.78, 5) is 10.7. The maximum Gasteiger partial charge on any atom is 0.217 e. The van der Waals surface area contributed by atoms with Gasteiger partial charge in [-0.15, -0.1) is 0 Å². The Morgan fingerprint density at radius 1 is 1.06 bits per heavy atom. The Kier molecular flexibility index (Phi) is 4.58. The second-order valence-corrected chi connectivity index (χ2v) is 3.86. The minimum Gasteiger partial charge on any atom is -0.385 e. The monoisotopic (exact) mass is 218 g/mol. The van der Waals surface area contributed by atoms with Crippen LogP contribution in [0, 0.1) is 0 Å². The average molecular weight is 218 g/mol. The Morgan fingerprint density at radius 3 is 1.88 bits per heavy atom. The number of carbonyl (C=O) groups is 1. The number of nitrogens with one attached hydrogen (secondary N) is 2. The van der Waals surface area contributed by atoms with Gasteiger partial charge in [0.05, 0.1) is 0 Å². The van der Waals surface area contributed by atoms with E-state index in [1.54, 1.807) is 0 Å². The normalized spacial score (nSPS) is 9.62. The van der Waals surface area contributed by atoms with Gasteiger partial charge in [-0.25, -0.2) is 0 Å². The highest BCUT2D eigenvalue weighted by atomic mass is 16.1. The molecule has 0 unspecified atom stereocenters. The van der Waals surface area contributed by atoms with Gasteiger partial charge in [-0.3, -0.25) is 4.79 Å². The first-order valence-electron chi connectivity index (χ1n) is 5.29. The molecule has 0 heterocycles.